The second-order valence-corrected chi connectivity index (χ2v) is 3.70. The van der Waals surface area contributed by atoms with Crippen molar-refractivity contribution in [3.8, 4) is 0 Å². The smallest absolute Gasteiger partial charge is 0.127 e. The van der Waals surface area contributed by atoms with Gasteiger partial charge in [0.1, 0.15) is 5.82 Å². The zero-order valence-electron chi connectivity index (χ0n) is 8.32. The van der Waals surface area contributed by atoms with E-state index in [1.54, 1.807) is 12.1 Å². The third kappa shape index (κ3) is 3.64. The topological polar surface area (TPSA) is 12.0 Å². The Balaban J connectivity index is 2.45. The SMILES string of the molecule is CCCCNCc1cc(Cl)ccc1F. The predicted octanol–water partition coefficient (Wildman–Crippen LogP) is 3.37. The average Bonchev–Trinajstić information content (AvgIpc) is 2.18. The minimum absolute atomic E-state index is 0.196. The molecule has 1 nitrogen and oxygen atoms in total. The van der Waals surface area contributed by atoms with Crippen molar-refractivity contribution in [2.45, 2.75) is 26.3 Å². The van der Waals surface area contributed by atoms with Crippen molar-refractivity contribution in [2.75, 3.05) is 6.54 Å². The molecular weight excluding hydrogens is 201 g/mol. The quantitative estimate of drug-likeness (QED) is 0.743. The third-order valence-electron chi connectivity index (χ3n) is 2.03. The van der Waals surface area contributed by atoms with Crippen LogP contribution in [0.25, 0.3) is 0 Å². The summed E-state index contributed by atoms with van der Waals surface area (Å²) in [5.41, 5.74) is 0.633. The van der Waals surface area contributed by atoms with Crippen LogP contribution in [0.3, 0.4) is 0 Å². The summed E-state index contributed by atoms with van der Waals surface area (Å²) in [5, 5.41) is 3.75. The van der Waals surface area contributed by atoms with Crippen molar-refractivity contribution in [1.29, 1.82) is 0 Å². The molecule has 0 amide bonds. The molecule has 0 aliphatic heterocycles. The van der Waals surface area contributed by atoms with E-state index in [0.717, 1.165) is 19.4 Å². The van der Waals surface area contributed by atoms with E-state index in [2.05, 4.69) is 12.2 Å². The summed E-state index contributed by atoms with van der Waals surface area (Å²) in [6.45, 7) is 3.59. The lowest BCUT2D eigenvalue weighted by molar-refractivity contribution is 0.580. The van der Waals surface area contributed by atoms with Crippen LogP contribution in [0.1, 0.15) is 25.3 Å². The van der Waals surface area contributed by atoms with E-state index >= 15 is 0 Å². The number of rotatable bonds is 5. The Hall–Kier alpha value is -0.600. The van der Waals surface area contributed by atoms with Gasteiger partial charge < -0.3 is 5.32 Å². The average molecular weight is 216 g/mol. The molecule has 0 saturated carbocycles. The van der Waals surface area contributed by atoms with Gasteiger partial charge in [0.2, 0.25) is 0 Å². The highest BCUT2D eigenvalue weighted by atomic mass is 35.5. The van der Waals surface area contributed by atoms with Gasteiger partial charge in [-0.05, 0) is 31.2 Å². The highest BCUT2D eigenvalue weighted by molar-refractivity contribution is 6.30. The zero-order valence-corrected chi connectivity index (χ0v) is 9.07. The fourth-order valence-corrected chi connectivity index (χ4v) is 1.40. The standard InChI is InChI=1S/C11H15ClFN/c1-2-3-6-14-8-9-7-10(12)4-5-11(9)13/h4-5,7,14H,2-3,6,8H2,1H3. The Morgan fingerprint density at radius 2 is 2.21 bits per heavy atom. The van der Waals surface area contributed by atoms with Gasteiger partial charge in [-0.1, -0.05) is 24.9 Å². The second-order valence-electron chi connectivity index (χ2n) is 3.27. The van der Waals surface area contributed by atoms with Crippen molar-refractivity contribution < 1.29 is 4.39 Å². The summed E-state index contributed by atoms with van der Waals surface area (Å²) >= 11 is 5.76. The Labute approximate surface area is 89.3 Å². The second kappa shape index (κ2) is 5.99. The van der Waals surface area contributed by atoms with Gasteiger partial charge in [0.25, 0.3) is 0 Å². The van der Waals surface area contributed by atoms with Gasteiger partial charge in [0.15, 0.2) is 0 Å². The summed E-state index contributed by atoms with van der Waals surface area (Å²) < 4.78 is 13.2. The molecule has 0 aromatic heterocycles. The van der Waals surface area contributed by atoms with Crippen molar-refractivity contribution >= 4 is 11.6 Å². The Morgan fingerprint density at radius 1 is 1.43 bits per heavy atom. The lowest BCUT2D eigenvalue weighted by Crippen LogP contribution is -2.15. The first kappa shape index (κ1) is 11.5. The number of hydrogen-bond acceptors (Lipinski definition) is 1. The zero-order chi connectivity index (χ0) is 10.4. The molecule has 1 N–H and O–H groups in total. The lowest BCUT2D eigenvalue weighted by Gasteiger charge is -2.05. The first-order chi connectivity index (χ1) is 6.74. The normalized spacial score (nSPS) is 10.5. The highest BCUT2D eigenvalue weighted by Gasteiger charge is 2.01. The Kier molecular flexibility index (Phi) is 4.91. The monoisotopic (exact) mass is 215 g/mol. The van der Waals surface area contributed by atoms with Gasteiger partial charge >= 0.3 is 0 Å². The number of hydrogen-bond donors (Lipinski definition) is 1. The van der Waals surface area contributed by atoms with E-state index in [-0.39, 0.29) is 5.82 Å². The minimum atomic E-state index is -0.196. The van der Waals surface area contributed by atoms with Crippen LogP contribution >= 0.6 is 11.6 Å². The number of halogens is 2. The van der Waals surface area contributed by atoms with Crippen LogP contribution in [-0.2, 0) is 6.54 Å². The van der Waals surface area contributed by atoms with Gasteiger partial charge in [-0.3, -0.25) is 0 Å². The molecule has 0 bridgehead atoms. The van der Waals surface area contributed by atoms with Crippen LogP contribution in [-0.4, -0.2) is 6.54 Å². The van der Waals surface area contributed by atoms with Gasteiger partial charge in [-0.25, -0.2) is 4.39 Å². The van der Waals surface area contributed by atoms with Crippen molar-refractivity contribution in [2.24, 2.45) is 0 Å². The van der Waals surface area contributed by atoms with E-state index in [1.165, 1.54) is 6.07 Å². The van der Waals surface area contributed by atoms with Crippen molar-refractivity contribution in [1.82, 2.24) is 5.32 Å². The van der Waals surface area contributed by atoms with E-state index in [0.29, 0.717) is 17.1 Å². The van der Waals surface area contributed by atoms with E-state index in [1.807, 2.05) is 0 Å². The van der Waals surface area contributed by atoms with Crippen LogP contribution in [0.15, 0.2) is 18.2 Å². The molecule has 3 heteroatoms. The molecule has 14 heavy (non-hydrogen) atoms. The van der Waals surface area contributed by atoms with E-state index in [4.69, 9.17) is 11.6 Å². The number of benzene rings is 1. The molecular formula is C11H15ClFN. The van der Waals surface area contributed by atoms with Crippen LogP contribution in [0, 0.1) is 5.82 Å². The Morgan fingerprint density at radius 3 is 2.93 bits per heavy atom. The first-order valence-electron chi connectivity index (χ1n) is 4.88. The number of nitrogens with one attached hydrogen (secondary N) is 1. The summed E-state index contributed by atoms with van der Waals surface area (Å²) in [6, 6.07) is 4.63. The maximum Gasteiger partial charge on any atom is 0.127 e. The van der Waals surface area contributed by atoms with Crippen LogP contribution in [0.2, 0.25) is 5.02 Å². The molecule has 0 fully saturated rings. The predicted molar refractivity (Wildman–Crippen MR) is 58.0 cm³/mol. The molecule has 0 spiro atoms. The van der Waals surface area contributed by atoms with Crippen LogP contribution in [0.4, 0.5) is 4.39 Å². The molecule has 0 aliphatic rings. The summed E-state index contributed by atoms with van der Waals surface area (Å²) in [7, 11) is 0. The number of unbranched alkanes of at least 4 members (excludes halogenated alkanes) is 1. The van der Waals surface area contributed by atoms with Gasteiger partial charge in [0.05, 0.1) is 0 Å². The fraction of sp³-hybridized carbons (Fsp3) is 0.455. The van der Waals surface area contributed by atoms with Crippen LogP contribution in [0.5, 0.6) is 0 Å². The van der Waals surface area contributed by atoms with E-state index < -0.39 is 0 Å². The van der Waals surface area contributed by atoms with Crippen molar-refractivity contribution in [3.05, 3.63) is 34.6 Å². The maximum atomic E-state index is 13.2. The van der Waals surface area contributed by atoms with Gasteiger partial charge in [-0.15, -0.1) is 0 Å². The summed E-state index contributed by atoms with van der Waals surface area (Å²) in [6.07, 6.45) is 2.26. The molecule has 0 saturated heterocycles. The molecule has 0 aliphatic carbocycles. The third-order valence-corrected chi connectivity index (χ3v) is 2.27. The fourth-order valence-electron chi connectivity index (χ4n) is 1.20. The van der Waals surface area contributed by atoms with Gasteiger partial charge in [-0.2, -0.15) is 0 Å². The van der Waals surface area contributed by atoms with E-state index in [9.17, 15) is 4.39 Å². The minimum Gasteiger partial charge on any atom is -0.313 e. The van der Waals surface area contributed by atoms with Crippen molar-refractivity contribution in [3.63, 3.8) is 0 Å². The van der Waals surface area contributed by atoms with Crippen LogP contribution < -0.4 is 5.32 Å². The van der Waals surface area contributed by atoms with Gasteiger partial charge in [0, 0.05) is 17.1 Å². The molecule has 78 valence electrons. The lowest BCUT2D eigenvalue weighted by atomic mass is 10.2. The molecule has 1 aromatic carbocycles. The summed E-state index contributed by atoms with van der Waals surface area (Å²) in [4.78, 5) is 0. The first-order valence-corrected chi connectivity index (χ1v) is 5.26. The molecule has 1 rings (SSSR count). The molecule has 0 unspecified atom stereocenters. The molecule has 0 radical (unpaired) electrons. The summed E-state index contributed by atoms with van der Waals surface area (Å²) in [5.74, 6) is -0.196. The molecule has 0 heterocycles. The largest absolute Gasteiger partial charge is 0.313 e. The maximum absolute atomic E-state index is 13.2. The Bertz CT molecular complexity index is 289. The molecule has 0 atom stereocenters. The highest BCUT2D eigenvalue weighted by Crippen LogP contribution is 2.14. The molecule has 1 aromatic rings.